The first kappa shape index (κ1) is 13.6. The van der Waals surface area contributed by atoms with Gasteiger partial charge >= 0.3 is 0 Å². The summed E-state index contributed by atoms with van der Waals surface area (Å²) in [6.07, 6.45) is 0. The minimum absolute atomic E-state index is 0.203. The van der Waals surface area contributed by atoms with E-state index in [4.69, 9.17) is 11.6 Å². The van der Waals surface area contributed by atoms with Crippen molar-refractivity contribution in [3.05, 3.63) is 53.6 Å². The van der Waals surface area contributed by atoms with E-state index >= 15 is 0 Å². The first-order chi connectivity index (χ1) is 10.2. The van der Waals surface area contributed by atoms with Crippen molar-refractivity contribution >= 4 is 28.9 Å². The maximum Gasteiger partial charge on any atom is 0.210 e. The number of nitrogens with one attached hydrogen (secondary N) is 2. The number of hydrogen-bond donors (Lipinski definition) is 3. The largest absolute Gasteiger partial charge is 0.508 e. The highest BCUT2D eigenvalue weighted by atomic mass is 35.5. The number of hydrogen-bond acceptors (Lipinski definition) is 5. The lowest BCUT2D eigenvalue weighted by Gasteiger charge is -2.26. The fraction of sp³-hybridized carbons (Fsp3) is 0.133. The first-order valence-corrected chi connectivity index (χ1v) is 7.00. The normalized spacial score (nSPS) is 13.5. The van der Waals surface area contributed by atoms with Crippen molar-refractivity contribution in [1.82, 2.24) is 10.7 Å². The second kappa shape index (κ2) is 5.93. The number of phenols is 1. The van der Waals surface area contributed by atoms with E-state index in [1.807, 2.05) is 35.3 Å². The Labute approximate surface area is 127 Å². The van der Waals surface area contributed by atoms with Crippen LogP contribution >= 0.6 is 11.6 Å². The molecule has 0 saturated heterocycles. The van der Waals surface area contributed by atoms with Gasteiger partial charge in [0.1, 0.15) is 5.75 Å². The number of benzene rings is 2. The monoisotopic (exact) mass is 302 g/mol. The molecule has 0 aliphatic carbocycles. The van der Waals surface area contributed by atoms with Gasteiger partial charge in [-0.3, -0.25) is 15.4 Å². The lowest BCUT2D eigenvalue weighted by molar-refractivity contribution is 0.475. The molecule has 0 amide bonds. The predicted molar refractivity (Wildman–Crippen MR) is 85.1 cm³/mol. The standard InChI is InChI=1S/C15H15ClN4O/c16-11-4-6-12(7-5-11)20(19-15-17-8-9-18-15)13-2-1-3-14(21)10-13/h1-7,10,21H,8-9H2,(H2,17,18,19). The fourth-order valence-corrected chi connectivity index (χ4v) is 2.21. The van der Waals surface area contributed by atoms with Crippen LogP contribution < -0.4 is 15.8 Å². The summed E-state index contributed by atoms with van der Waals surface area (Å²) in [6, 6.07) is 14.4. The number of guanidine groups is 1. The van der Waals surface area contributed by atoms with Crippen molar-refractivity contribution in [1.29, 1.82) is 0 Å². The van der Waals surface area contributed by atoms with Crippen molar-refractivity contribution in [2.45, 2.75) is 0 Å². The van der Waals surface area contributed by atoms with E-state index < -0.39 is 0 Å². The highest BCUT2D eigenvalue weighted by Gasteiger charge is 2.14. The molecule has 0 atom stereocenters. The van der Waals surface area contributed by atoms with E-state index in [-0.39, 0.29) is 5.75 Å². The number of halogens is 1. The lowest BCUT2D eigenvalue weighted by atomic mass is 10.2. The van der Waals surface area contributed by atoms with E-state index in [9.17, 15) is 5.11 Å². The molecule has 6 heteroatoms. The number of phenolic OH excluding ortho intramolecular Hbond substituents is 1. The van der Waals surface area contributed by atoms with Crippen molar-refractivity contribution in [3.63, 3.8) is 0 Å². The molecule has 0 aromatic heterocycles. The Morgan fingerprint density at radius 3 is 2.62 bits per heavy atom. The maximum atomic E-state index is 9.69. The second-order valence-corrected chi connectivity index (χ2v) is 5.04. The van der Waals surface area contributed by atoms with E-state index in [0.29, 0.717) is 11.0 Å². The SMILES string of the molecule is Oc1cccc(N(NC2=NCCN2)c2ccc(Cl)cc2)c1. The van der Waals surface area contributed by atoms with Crippen molar-refractivity contribution < 1.29 is 5.11 Å². The molecule has 2 aromatic rings. The molecule has 5 nitrogen and oxygen atoms in total. The molecule has 1 heterocycles. The van der Waals surface area contributed by atoms with Crippen LogP contribution in [-0.2, 0) is 0 Å². The van der Waals surface area contributed by atoms with Crippen LogP contribution in [0.5, 0.6) is 5.75 Å². The number of aliphatic imine (C=N–C) groups is 1. The summed E-state index contributed by atoms with van der Waals surface area (Å²) < 4.78 is 0. The Kier molecular flexibility index (Phi) is 3.83. The highest BCUT2D eigenvalue weighted by molar-refractivity contribution is 6.30. The van der Waals surface area contributed by atoms with Crippen LogP contribution in [0.4, 0.5) is 11.4 Å². The van der Waals surface area contributed by atoms with Gasteiger partial charge in [-0.2, -0.15) is 0 Å². The van der Waals surface area contributed by atoms with Gasteiger partial charge in [0, 0.05) is 17.6 Å². The van der Waals surface area contributed by atoms with Gasteiger partial charge in [-0.05, 0) is 36.4 Å². The molecule has 0 unspecified atom stereocenters. The maximum absolute atomic E-state index is 9.69. The summed E-state index contributed by atoms with van der Waals surface area (Å²) in [5.41, 5.74) is 4.90. The van der Waals surface area contributed by atoms with E-state index in [2.05, 4.69) is 15.7 Å². The van der Waals surface area contributed by atoms with Crippen LogP contribution in [0.3, 0.4) is 0 Å². The van der Waals surface area contributed by atoms with Crippen molar-refractivity contribution in [3.8, 4) is 5.75 Å². The quantitative estimate of drug-likeness (QED) is 0.763. The van der Waals surface area contributed by atoms with Gasteiger partial charge in [-0.1, -0.05) is 17.7 Å². The van der Waals surface area contributed by atoms with Gasteiger partial charge < -0.3 is 10.4 Å². The molecule has 21 heavy (non-hydrogen) atoms. The lowest BCUT2D eigenvalue weighted by Crippen LogP contribution is -2.44. The molecule has 0 spiro atoms. The van der Waals surface area contributed by atoms with Crippen LogP contribution in [0.2, 0.25) is 5.02 Å². The molecule has 0 radical (unpaired) electrons. The molecule has 3 N–H and O–H groups in total. The topological polar surface area (TPSA) is 59.9 Å². The number of nitrogens with zero attached hydrogens (tertiary/aromatic N) is 2. The third kappa shape index (κ3) is 3.20. The Bertz CT molecular complexity index is 657. The average molecular weight is 303 g/mol. The van der Waals surface area contributed by atoms with Gasteiger partial charge in [0.05, 0.1) is 17.9 Å². The summed E-state index contributed by atoms with van der Waals surface area (Å²) >= 11 is 5.94. The molecule has 0 bridgehead atoms. The average Bonchev–Trinajstić information content (AvgIpc) is 2.99. The van der Waals surface area contributed by atoms with E-state index in [1.165, 1.54) is 0 Å². The number of aromatic hydroxyl groups is 1. The number of rotatable bonds is 3. The predicted octanol–water partition coefficient (Wildman–Crippen LogP) is 2.65. The number of anilines is 2. The zero-order chi connectivity index (χ0) is 14.7. The van der Waals surface area contributed by atoms with Crippen LogP contribution in [0.1, 0.15) is 0 Å². The van der Waals surface area contributed by atoms with E-state index in [0.717, 1.165) is 24.5 Å². The Morgan fingerprint density at radius 2 is 1.95 bits per heavy atom. The summed E-state index contributed by atoms with van der Waals surface area (Å²) in [4.78, 5) is 4.33. The molecule has 3 rings (SSSR count). The molecular weight excluding hydrogens is 288 g/mol. The zero-order valence-electron chi connectivity index (χ0n) is 11.3. The zero-order valence-corrected chi connectivity index (χ0v) is 12.0. The van der Waals surface area contributed by atoms with Crippen molar-refractivity contribution in [2.24, 2.45) is 4.99 Å². The second-order valence-electron chi connectivity index (χ2n) is 4.60. The first-order valence-electron chi connectivity index (χ1n) is 6.62. The third-order valence-electron chi connectivity index (χ3n) is 3.06. The van der Waals surface area contributed by atoms with E-state index in [1.54, 1.807) is 18.2 Å². The van der Waals surface area contributed by atoms with Crippen LogP contribution in [0.25, 0.3) is 0 Å². The smallest absolute Gasteiger partial charge is 0.210 e. The molecular formula is C15H15ClN4O. The summed E-state index contributed by atoms with van der Waals surface area (Å²) in [6.45, 7) is 1.56. The van der Waals surface area contributed by atoms with Crippen LogP contribution in [0.15, 0.2) is 53.5 Å². The minimum atomic E-state index is 0.203. The molecule has 0 fully saturated rings. The Balaban J connectivity index is 1.95. The molecule has 0 saturated carbocycles. The van der Waals surface area contributed by atoms with Crippen LogP contribution in [-0.4, -0.2) is 24.2 Å². The highest BCUT2D eigenvalue weighted by Crippen LogP contribution is 2.27. The van der Waals surface area contributed by atoms with Crippen molar-refractivity contribution in [2.75, 3.05) is 18.1 Å². The molecule has 108 valence electrons. The van der Waals surface area contributed by atoms with Gasteiger partial charge in [-0.15, -0.1) is 0 Å². The van der Waals surface area contributed by atoms with Crippen LogP contribution in [0, 0.1) is 0 Å². The molecule has 1 aliphatic heterocycles. The number of hydrazine groups is 1. The summed E-state index contributed by atoms with van der Waals surface area (Å²) in [5, 5.41) is 15.4. The Morgan fingerprint density at radius 1 is 1.14 bits per heavy atom. The minimum Gasteiger partial charge on any atom is -0.508 e. The van der Waals surface area contributed by atoms with Gasteiger partial charge in [-0.25, -0.2) is 0 Å². The molecule has 1 aliphatic rings. The summed E-state index contributed by atoms with van der Waals surface area (Å²) in [5.74, 6) is 0.905. The molecule has 2 aromatic carbocycles. The van der Waals surface area contributed by atoms with Gasteiger partial charge in [0.25, 0.3) is 0 Å². The fourth-order valence-electron chi connectivity index (χ4n) is 2.08. The van der Waals surface area contributed by atoms with Gasteiger partial charge in [0.15, 0.2) is 0 Å². The summed E-state index contributed by atoms with van der Waals surface area (Å²) in [7, 11) is 0. The third-order valence-corrected chi connectivity index (χ3v) is 3.32. The van der Waals surface area contributed by atoms with Gasteiger partial charge in [0.2, 0.25) is 5.96 Å². The Hall–Kier alpha value is -2.40.